The number of hydrazine groups is 1. The molecule has 3 fully saturated rings. The van der Waals surface area contributed by atoms with Crippen molar-refractivity contribution in [1.29, 1.82) is 0 Å². The Balaban J connectivity index is 1.37. The van der Waals surface area contributed by atoms with Crippen LogP contribution >= 0.6 is 34.8 Å². The standard InChI is InChI=1S/C26H19Cl3N2O4/c27-13-3-1-12(2-4-13)24(33)30(11-21(32)17-6-5-14(28)9-20(17)29)31-25(34)22-15-7-8-16(19-10-18(15)19)23(22)26(31)35/h1-9,15-16,18-19,22-23H,10-11H2/t15-,16-,18-,19+,22-,23+/m0/s1. The number of carbonyl (C=O) groups is 4. The summed E-state index contributed by atoms with van der Waals surface area (Å²) in [4.78, 5) is 54.2. The Morgan fingerprint density at radius 3 is 2.00 bits per heavy atom. The molecule has 9 heteroatoms. The number of hydrogen-bond donors (Lipinski definition) is 0. The lowest BCUT2D eigenvalue weighted by molar-refractivity contribution is -0.154. The van der Waals surface area contributed by atoms with E-state index in [1.54, 1.807) is 0 Å². The van der Waals surface area contributed by atoms with E-state index in [-0.39, 0.29) is 28.0 Å². The summed E-state index contributed by atoms with van der Waals surface area (Å²) in [6, 6.07) is 10.5. The van der Waals surface area contributed by atoms with Crippen molar-refractivity contribution in [2.45, 2.75) is 6.42 Å². The average Bonchev–Trinajstić information content (AvgIpc) is 3.61. The van der Waals surface area contributed by atoms with Gasteiger partial charge in [-0.2, -0.15) is 5.01 Å². The van der Waals surface area contributed by atoms with E-state index < -0.39 is 41.9 Å². The smallest absolute Gasteiger partial charge is 0.273 e. The minimum absolute atomic E-state index is 0.00894. The molecule has 2 bridgehead atoms. The Kier molecular flexibility index (Phi) is 5.33. The van der Waals surface area contributed by atoms with E-state index in [1.165, 1.54) is 42.5 Å². The predicted molar refractivity (Wildman–Crippen MR) is 130 cm³/mol. The van der Waals surface area contributed by atoms with Crippen LogP contribution in [0, 0.1) is 35.5 Å². The van der Waals surface area contributed by atoms with Crippen LogP contribution in [-0.4, -0.2) is 40.1 Å². The molecule has 2 aromatic rings. The number of hydrogen-bond acceptors (Lipinski definition) is 4. The van der Waals surface area contributed by atoms with Crippen LogP contribution in [0.1, 0.15) is 27.1 Å². The van der Waals surface area contributed by atoms with E-state index >= 15 is 0 Å². The molecule has 0 N–H and O–H groups in total. The molecule has 0 radical (unpaired) electrons. The van der Waals surface area contributed by atoms with Crippen LogP contribution in [0.4, 0.5) is 0 Å². The van der Waals surface area contributed by atoms with Crippen molar-refractivity contribution in [1.82, 2.24) is 10.0 Å². The highest BCUT2D eigenvalue weighted by Gasteiger charge is 2.68. The second-order valence-electron chi connectivity index (χ2n) is 9.56. The largest absolute Gasteiger partial charge is 0.292 e. The molecule has 0 unspecified atom stereocenters. The third-order valence-electron chi connectivity index (χ3n) is 7.73. The minimum atomic E-state index is -0.647. The first-order chi connectivity index (χ1) is 16.8. The van der Waals surface area contributed by atoms with Crippen molar-refractivity contribution < 1.29 is 19.2 Å². The van der Waals surface area contributed by atoms with E-state index in [0.717, 1.165) is 16.4 Å². The van der Waals surface area contributed by atoms with Gasteiger partial charge < -0.3 is 0 Å². The van der Waals surface area contributed by atoms with E-state index in [1.807, 2.05) is 0 Å². The van der Waals surface area contributed by atoms with Gasteiger partial charge in [0.2, 0.25) is 0 Å². The van der Waals surface area contributed by atoms with Crippen LogP contribution in [0.5, 0.6) is 0 Å². The number of carbonyl (C=O) groups excluding carboxylic acids is 4. The SMILES string of the molecule is O=C(CN(C(=O)c1ccc(Cl)cc1)N1C(=O)[C@@H]2[C@H]3C=C[C@@H]([C@@H]4C[C@H]34)[C@@H]2C1=O)c1ccc(Cl)cc1Cl. The molecule has 3 amide bonds. The zero-order valence-corrected chi connectivity index (χ0v) is 20.5. The Morgan fingerprint density at radius 2 is 1.43 bits per heavy atom. The summed E-state index contributed by atoms with van der Waals surface area (Å²) < 4.78 is 0. The summed E-state index contributed by atoms with van der Waals surface area (Å²) in [5.41, 5.74) is 0.341. The molecule has 7 rings (SSSR count). The average molecular weight is 530 g/mol. The molecule has 2 aromatic carbocycles. The van der Waals surface area contributed by atoms with Crippen LogP contribution in [0.15, 0.2) is 54.6 Å². The lowest BCUT2D eigenvalue weighted by atomic mass is 9.63. The van der Waals surface area contributed by atoms with E-state index in [4.69, 9.17) is 34.8 Å². The molecule has 4 aliphatic carbocycles. The van der Waals surface area contributed by atoms with Crippen molar-refractivity contribution in [3.8, 4) is 0 Å². The molecule has 5 aliphatic rings. The molecule has 6 atom stereocenters. The fourth-order valence-electron chi connectivity index (χ4n) is 6.09. The highest BCUT2D eigenvalue weighted by atomic mass is 35.5. The van der Waals surface area contributed by atoms with Crippen molar-refractivity contribution in [3.63, 3.8) is 0 Å². The third-order valence-corrected chi connectivity index (χ3v) is 8.53. The number of amides is 3. The van der Waals surface area contributed by atoms with Crippen molar-refractivity contribution >= 4 is 58.3 Å². The van der Waals surface area contributed by atoms with Crippen molar-refractivity contribution in [3.05, 3.63) is 80.8 Å². The molecule has 178 valence electrons. The van der Waals surface area contributed by atoms with Gasteiger partial charge in [-0.15, -0.1) is 0 Å². The summed E-state index contributed by atoms with van der Waals surface area (Å²) in [6.45, 7) is -0.532. The van der Waals surface area contributed by atoms with Crippen LogP contribution in [0.25, 0.3) is 0 Å². The quantitative estimate of drug-likeness (QED) is 0.312. The molecular formula is C26H19Cl3N2O4. The Hall–Kier alpha value is -2.67. The maximum atomic E-state index is 13.7. The molecule has 0 spiro atoms. The summed E-state index contributed by atoms with van der Waals surface area (Å²) in [7, 11) is 0. The van der Waals surface area contributed by atoms with E-state index in [2.05, 4.69) is 12.2 Å². The number of allylic oxidation sites excluding steroid dienone is 2. The van der Waals surface area contributed by atoms with Crippen molar-refractivity contribution in [2.24, 2.45) is 35.5 Å². The van der Waals surface area contributed by atoms with Crippen LogP contribution in [0.3, 0.4) is 0 Å². The van der Waals surface area contributed by atoms with Gasteiger partial charge in [0.15, 0.2) is 5.78 Å². The summed E-state index contributed by atoms with van der Waals surface area (Å²) in [5, 5.41) is 2.78. The van der Waals surface area contributed by atoms with Gasteiger partial charge in [0.25, 0.3) is 17.7 Å². The number of Topliss-reactive ketones (excluding diaryl/α,β-unsaturated/α-hetero) is 1. The minimum Gasteiger partial charge on any atom is -0.292 e. The van der Waals surface area contributed by atoms with Gasteiger partial charge in [0.05, 0.1) is 16.9 Å². The highest BCUT2D eigenvalue weighted by molar-refractivity contribution is 6.37. The maximum absolute atomic E-state index is 13.7. The molecule has 2 saturated carbocycles. The molecular weight excluding hydrogens is 511 g/mol. The number of imide groups is 1. The first-order valence-corrected chi connectivity index (χ1v) is 12.5. The number of ketones is 1. The van der Waals surface area contributed by atoms with Gasteiger partial charge in [0, 0.05) is 21.2 Å². The van der Waals surface area contributed by atoms with Crippen LogP contribution < -0.4 is 0 Å². The third kappa shape index (κ3) is 3.53. The van der Waals surface area contributed by atoms with Gasteiger partial charge in [0.1, 0.15) is 6.54 Å². The van der Waals surface area contributed by atoms with Gasteiger partial charge in [-0.3, -0.25) is 19.2 Å². The molecule has 6 nitrogen and oxygen atoms in total. The fraction of sp³-hybridized carbons (Fsp3) is 0.308. The number of benzene rings is 2. The zero-order chi connectivity index (χ0) is 24.6. The number of nitrogens with zero attached hydrogens (tertiary/aromatic N) is 2. The Bertz CT molecular complexity index is 1290. The summed E-state index contributed by atoms with van der Waals surface area (Å²) in [5.74, 6) is -2.22. The molecule has 1 heterocycles. The first kappa shape index (κ1) is 22.8. The van der Waals surface area contributed by atoms with Crippen LogP contribution in [0.2, 0.25) is 15.1 Å². The van der Waals surface area contributed by atoms with Gasteiger partial charge in [-0.05, 0) is 72.6 Å². The molecule has 35 heavy (non-hydrogen) atoms. The van der Waals surface area contributed by atoms with E-state index in [9.17, 15) is 19.2 Å². The maximum Gasteiger partial charge on any atom is 0.273 e. The lowest BCUT2D eigenvalue weighted by Crippen LogP contribution is -2.52. The second kappa shape index (κ2) is 8.19. The first-order valence-electron chi connectivity index (χ1n) is 11.4. The predicted octanol–water partition coefficient (Wildman–Crippen LogP) is 4.94. The Morgan fingerprint density at radius 1 is 0.857 bits per heavy atom. The number of rotatable bonds is 5. The van der Waals surface area contributed by atoms with Crippen molar-refractivity contribution in [2.75, 3.05) is 6.54 Å². The van der Waals surface area contributed by atoms with Gasteiger partial charge in [-0.1, -0.05) is 47.0 Å². The summed E-state index contributed by atoms with van der Waals surface area (Å²) in [6.07, 6.45) is 5.13. The molecule has 1 saturated heterocycles. The number of halogens is 3. The topological polar surface area (TPSA) is 74.8 Å². The van der Waals surface area contributed by atoms with Gasteiger partial charge >= 0.3 is 0 Å². The molecule has 0 aromatic heterocycles. The molecule has 1 aliphatic heterocycles. The lowest BCUT2D eigenvalue weighted by Gasteiger charge is -2.37. The second-order valence-corrected chi connectivity index (χ2v) is 10.8. The zero-order valence-electron chi connectivity index (χ0n) is 18.2. The normalized spacial score (nSPS) is 29.7. The monoisotopic (exact) mass is 528 g/mol. The fourth-order valence-corrected chi connectivity index (χ4v) is 6.73. The van der Waals surface area contributed by atoms with Crippen LogP contribution in [-0.2, 0) is 9.59 Å². The highest BCUT2D eigenvalue weighted by Crippen LogP contribution is 2.65. The summed E-state index contributed by atoms with van der Waals surface area (Å²) >= 11 is 18.2. The van der Waals surface area contributed by atoms with E-state index in [0.29, 0.717) is 21.9 Å². The van der Waals surface area contributed by atoms with Gasteiger partial charge in [-0.25, -0.2) is 5.01 Å². The Labute approximate surface area is 216 Å².